The van der Waals surface area contributed by atoms with Crippen LogP contribution in [0.5, 0.6) is 5.75 Å². The van der Waals surface area contributed by atoms with Gasteiger partial charge in [-0.15, -0.1) is 0 Å². The van der Waals surface area contributed by atoms with Gasteiger partial charge in [0.25, 0.3) is 0 Å². The van der Waals surface area contributed by atoms with Crippen LogP contribution in [0, 0.1) is 0 Å². The molecule has 0 radical (unpaired) electrons. The SMILES string of the molecule is COc1ccc(Cl)cc1-c1nc(N)nc(-n2ccnc2)n1. The standard InChI is InChI=1S/C13H11ClN6O/c1-21-10-3-2-8(14)6-9(10)11-17-12(15)19-13(18-11)20-5-4-16-7-20/h2-7H,1H3,(H2,15,17,18,19). The molecule has 2 N–H and O–H groups in total. The summed E-state index contributed by atoms with van der Waals surface area (Å²) < 4.78 is 6.94. The van der Waals surface area contributed by atoms with E-state index < -0.39 is 0 Å². The molecule has 0 aliphatic rings. The first-order chi connectivity index (χ1) is 10.2. The first-order valence-electron chi connectivity index (χ1n) is 6.01. The summed E-state index contributed by atoms with van der Waals surface area (Å²) in [6, 6.07) is 5.19. The van der Waals surface area contributed by atoms with Crippen molar-refractivity contribution in [2.24, 2.45) is 0 Å². The minimum absolute atomic E-state index is 0.103. The smallest absolute Gasteiger partial charge is 0.240 e. The zero-order valence-corrected chi connectivity index (χ0v) is 11.8. The lowest BCUT2D eigenvalue weighted by atomic mass is 10.2. The minimum Gasteiger partial charge on any atom is -0.496 e. The van der Waals surface area contributed by atoms with E-state index in [1.165, 1.54) is 0 Å². The number of nitrogens with zero attached hydrogens (tertiary/aromatic N) is 5. The number of benzene rings is 1. The Balaban J connectivity index is 2.17. The van der Waals surface area contributed by atoms with E-state index in [0.29, 0.717) is 28.1 Å². The highest BCUT2D eigenvalue weighted by atomic mass is 35.5. The number of halogens is 1. The summed E-state index contributed by atoms with van der Waals surface area (Å²) in [5.74, 6) is 1.45. The molecule has 1 aromatic carbocycles. The molecular formula is C13H11ClN6O. The van der Waals surface area contributed by atoms with Crippen LogP contribution in [-0.4, -0.2) is 31.6 Å². The highest BCUT2D eigenvalue weighted by Crippen LogP contribution is 2.30. The third-order valence-corrected chi connectivity index (χ3v) is 3.01. The molecule has 2 heterocycles. The van der Waals surface area contributed by atoms with Crippen LogP contribution in [0.25, 0.3) is 17.3 Å². The van der Waals surface area contributed by atoms with E-state index >= 15 is 0 Å². The van der Waals surface area contributed by atoms with Crippen LogP contribution < -0.4 is 10.5 Å². The van der Waals surface area contributed by atoms with E-state index in [9.17, 15) is 0 Å². The van der Waals surface area contributed by atoms with E-state index in [0.717, 1.165) is 0 Å². The molecule has 0 bridgehead atoms. The predicted octanol–water partition coefficient (Wildman–Crippen LogP) is 1.97. The topological polar surface area (TPSA) is 91.7 Å². The summed E-state index contributed by atoms with van der Waals surface area (Å²) in [4.78, 5) is 16.6. The molecule has 3 rings (SSSR count). The summed E-state index contributed by atoms with van der Waals surface area (Å²) in [6.45, 7) is 0. The second-order valence-corrected chi connectivity index (χ2v) is 4.57. The van der Waals surface area contributed by atoms with Gasteiger partial charge in [0.15, 0.2) is 5.82 Å². The van der Waals surface area contributed by atoms with Gasteiger partial charge in [-0.3, -0.25) is 4.57 Å². The van der Waals surface area contributed by atoms with Gasteiger partial charge in [0, 0.05) is 17.4 Å². The monoisotopic (exact) mass is 302 g/mol. The van der Waals surface area contributed by atoms with Crippen molar-refractivity contribution in [1.29, 1.82) is 0 Å². The van der Waals surface area contributed by atoms with Crippen LogP contribution in [0.1, 0.15) is 0 Å². The fourth-order valence-electron chi connectivity index (χ4n) is 1.85. The quantitative estimate of drug-likeness (QED) is 0.795. The lowest BCUT2D eigenvalue weighted by Gasteiger charge is -2.09. The Labute approximate surface area is 125 Å². The van der Waals surface area contributed by atoms with Gasteiger partial charge >= 0.3 is 0 Å². The Bertz CT molecular complexity index is 774. The maximum Gasteiger partial charge on any atom is 0.240 e. The molecule has 8 heteroatoms. The maximum absolute atomic E-state index is 6.03. The summed E-state index contributed by atoms with van der Waals surface area (Å²) in [5, 5.41) is 0.550. The van der Waals surface area contributed by atoms with Crippen molar-refractivity contribution in [3.05, 3.63) is 41.9 Å². The third-order valence-electron chi connectivity index (χ3n) is 2.78. The van der Waals surface area contributed by atoms with E-state index in [4.69, 9.17) is 22.1 Å². The molecule has 0 amide bonds. The third kappa shape index (κ3) is 2.63. The van der Waals surface area contributed by atoms with Gasteiger partial charge in [0.05, 0.1) is 12.7 Å². The van der Waals surface area contributed by atoms with Gasteiger partial charge in [0.1, 0.15) is 12.1 Å². The van der Waals surface area contributed by atoms with Crippen LogP contribution in [0.3, 0.4) is 0 Å². The highest BCUT2D eigenvalue weighted by molar-refractivity contribution is 6.30. The average molecular weight is 303 g/mol. The van der Waals surface area contributed by atoms with Crippen molar-refractivity contribution in [2.45, 2.75) is 0 Å². The molecule has 0 spiro atoms. The number of anilines is 1. The second kappa shape index (κ2) is 5.37. The van der Waals surface area contributed by atoms with Gasteiger partial charge in [-0.2, -0.15) is 15.0 Å². The summed E-state index contributed by atoms with van der Waals surface area (Å²) in [7, 11) is 1.56. The number of methoxy groups -OCH3 is 1. The Hall–Kier alpha value is -2.67. The fourth-order valence-corrected chi connectivity index (χ4v) is 2.02. The molecule has 0 saturated heterocycles. The first kappa shape index (κ1) is 13.3. The molecule has 21 heavy (non-hydrogen) atoms. The van der Waals surface area contributed by atoms with Crippen molar-refractivity contribution in [2.75, 3.05) is 12.8 Å². The number of ether oxygens (including phenoxy) is 1. The van der Waals surface area contributed by atoms with Crippen LogP contribution in [0.4, 0.5) is 5.95 Å². The number of hydrogen-bond donors (Lipinski definition) is 1. The Morgan fingerprint density at radius 3 is 2.81 bits per heavy atom. The van der Waals surface area contributed by atoms with E-state index in [1.807, 2.05) is 0 Å². The van der Waals surface area contributed by atoms with Crippen molar-refractivity contribution in [1.82, 2.24) is 24.5 Å². The van der Waals surface area contributed by atoms with Crippen molar-refractivity contribution < 1.29 is 4.74 Å². The molecule has 0 fully saturated rings. The lowest BCUT2D eigenvalue weighted by molar-refractivity contribution is 0.416. The molecule has 0 aliphatic carbocycles. The molecule has 0 unspecified atom stereocenters. The van der Waals surface area contributed by atoms with Gasteiger partial charge < -0.3 is 10.5 Å². The first-order valence-corrected chi connectivity index (χ1v) is 6.39. The minimum atomic E-state index is 0.103. The van der Waals surface area contributed by atoms with Crippen molar-refractivity contribution in [3.63, 3.8) is 0 Å². The van der Waals surface area contributed by atoms with Crippen LogP contribution in [0.15, 0.2) is 36.9 Å². The van der Waals surface area contributed by atoms with Gasteiger partial charge in [-0.1, -0.05) is 11.6 Å². The van der Waals surface area contributed by atoms with E-state index in [1.54, 1.807) is 48.6 Å². The highest BCUT2D eigenvalue weighted by Gasteiger charge is 2.13. The van der Waals surface area contributed by atoms with Crippen LogP contribution >= 0.6 is 11.6 Å². The zero-order chi connectivity index (χ0) is 14.8. The predicted molar refractivity (Wildman–Crippen MR) is 78.4 cm³/mol. The van der Waals surface area contributed by atoms with Crippen molar-refractivity contribution in [3.8, 4) is 23.1 Å². The van der Waals surface area contributed by atoms with Gasteiger partial charge in [0.2, 0.25) is 11.9 Å². The number of rotatable bonds is 3. The normalized spacial score (nSPS) is 10.6. The van der Waals surface area contributed by atoms with Gasteiger partial charge in [-0.25, -0.2) is 4.98 Å². The number of imidazole rings is 1. The maximum atomic E-state index is 6.03. The molecule has 0 aliphatic heterocycles. The van der Waals surface area contributed by atoms with Crippen LogP contribution in [0.2, 0.25) is 5.02 Å². The van der Waals surface area contributed by atoms with Crippen molar-refractivity contribution >= 4 is 17.5 Å². The molecular weight excluding hydrogens is 292 g/mol. The molecule has 7 nitrogen and oxygen atoms in total. The summed E-state index contributed by atoms with van der Waals surface area (Å²) >= 11 is 6.03. The molecule has 2 aromatic heterocycles. The molecule has 106 valence electrons. The zero-order valence-electron chi connectivity index (χ0n) is 11.1. The summed E-state index contributed by atoms with van der Waals surface area (Å²) in [5.41, 5.74) is 6.40. The molecule has 0 saturated carbocycles. The number of nitrogens with two attached hydrogens (primary N) is 1. The van der Waals surface area contributed by atoms with E-state index in [2.05, 4.69) is 19.9 Å². The fraction of sp³-hybridized carbons (Fsp3) is 0.0769. The van der Waals surface area contributed by atoms with Crippen LogP contribution in [-0.2, 0) is 0 Å². The Morgan fingerprint density at radius 2 is 2.10 bits per heavy atom. The number of hydrogen-bond acceptors (Lipinski definition) is 6. The Morgan fingerprint density at radius 1 is 1.24 bits per heavy atom. The largest absolute Gasteiger partial charge is 0.496 e. The molecule has 3 aromatic rings. The number of nitrogen functional groups attached to an aromatic ring is 1. The summed E-state index contributed by atoms with van der Waals surface area (Å²) in [6.07, 6.45) is 4.92. The lowest BCUT2D eigenvalue weighted by Crippen LogP contribution is -2.07. The number of aromatic nitrogens is 5. The van der Waals surface area contributed by atoms with Gasteiger partial charge in [-0.05, 0) is 18.2 Å². The van der Waals surface area contributed by atoms with E-state index in [-0.39, 0.29) is 5.95 Å². The average Bonchev–Trinajstić information content (AvgIpc) is 3.01. The Kier molecular flexibility index (Phi) is 3.41. The second-order valence-electron chi connectivity index (χ2n) is 4.13. The molecule has 0 atom stereocenters.